The summed E-state index contributed by atoms with van der Waals surface area (Å²) in [6.45, 7) is 7.20. The lowest BCUT2D eigenvalue weighted by molar-refractivity contribution is -0.115. The number of halogens is 1. The van der Waals surface area contributed by atoms with Crippen molar-refractivity contribution in [3.8, 4) is 0 Å². The fourth-order valence-electron chi connectivity index (χ4n) is 3.53. The van der Waals surface area contributed by atoms with Gasteiger partial charge in [-0.3, -0.25) is 0 Å². The number of rotatable bonds is 3. The Kier molecular flexibility index (Phi) is 7.01. The summed E-state index contributed by atoms with van der Waals surface area (Å²) in [6, 6.07) is 0. The van der Waals surface area contributed by atoms with Crippen LogP contribution < -0.4 is 0 Å². The molecule has 23 heavy (non-hydrogen) atoms. The van der Waals surface area contributed by atoms with Gasteiger partial charge in [-0.25, -0.2) is 4.79 Å². The number of ether oxygens (including phenoxy) is 2. The van der Waals surface area contributed by atoms with Gasteiger partial charge in [-0.05, 0) is 46.5 Å². The minimum atomic E-state index is -0.441. The van der Waals surface area contributed by atoms with E-state index in [9.17, 15) is 4.79 Å². The van der Waals surface area contributed by atoms with Crippen LogP contribution in [0.3, 0.4) is 0 Å². The Morgan fingerprint density at radius 1 is 1.17 bits per heavy atom. The molecule has 2 rings (SSSR count). The summed E-state index contributed by atoms with van der Waals surface area (Å²) < 4.78 is 13.1. The van der Waals surface area contributed by atoms with Crippen molar-refractivity contribution in [1.82, 2.24) is 4.90 Å². The maximum absolute atomic E-state index is 12.4. The van der Waals surface area contributed by atoms with Crippen molar-refractivity contribution in [2.75, 3.05) is 17.5 Å². The highest BCUT2D eigenvalue weighted by Crippen LogP contribution is 2.33. The second-order valence-electron chi connectivity index (χ2n) is 8.05. The number of amides is 1. The summed E-state index contributed by atoms with van der Waals surface area (Å²) in [5, 5.41) is 0. The monoisotopic (exact) mass is 437 g/mol. The summed E-state index contributed by atoms with van der Waals surface area (Å²) in [4.78, 5) is 14.3. The summed E-state index contributed by atoms with van der Waals surface area (Å²) in [7, 11) is 0. The molecule has 0 bridgehead atoms. The van der Waals surface area contributed by atoms with Crippen molar-refractivity contribution in [1.29, 1.82) is 0 Å². The van der Waals surface area contributed by atoms with Crippen molar-refractivity contribution < 1.29 is 14.3 Å². The maximum atomic E-state index is 12.4. The first kappa shape index (κ1) is 19.3. The molecule has 0 spiro atoms. The van der Waals surface area contributed by atoms with Gasteiger partial charge in [0.05, 0.1) is 18.2 Å². The van der Waals surface area contributed by atoms with Crippen LogP contribution in [0.4, 0.5) is 4.79 Å². The van der Waals surface area contributed by atoms with Crippen molar-refractivity contribution in [3.63, 3.8) is 0 Å². The maximum Gasteiger partial charge on any atom is 0.410 e. The number of likely N-dealkylation sites (tertiary alicyclic amines) is 1. The van der Waals surface area contributed by atoms with E-state index in [0.29, 0.717) is 12.6 Å². The largest absolute Gasteiger partial charge is 0.444 e. The molecule has 1 saturated heterocycles. The Morgan fingerprint density at radius 2 is 1.83 bits per heavy atom. The summed E-state index contributed by atoms with van der Waals surface area (Å²) in [5.74, 6) is 0. The number of hydrogen-bond donors (Lipinski definition) is 0. The van der Waals surface area contributed by atoms with Gasteiger partial charge in [-0.2, -0.15) is 0 Å². The molecule has 0 aromatic heterocycles. The smallest absolute Gasteiger partial charge is 0.410 e. The minimum absolute atomic E-state index is 0.190. The third-order valence-corrected chi connectivity index (χ3v) is 6.04. The quantitative estimate of drug-likeness (QED) is 0.357. The molecule has 1 saturated carbocycles. The van der Waals surface area contributed by atoms with E-state index in [1.165, 1.54) is 38.5 Å². The Hall–Kier alpha value is -0.0400. The van der Waals surface area contributed by atoms with E-state index < -0.39 is 5.60 Å². The van der Waals surface area contributed by atoms with Crippen LogP contribution >= 0.6 is 22.6 Å². The van der Waals surface area contributed by atoms with Crippen LogP contribution in [-0.4, -0.2) is 45.8 Å². The van der Waals surface area contributed by atoms with E-state index in [4.69, 9.17) is 9.47 Å². The second kappa shape index (κ2) is 8.37. The molecule has 1 unspecified atom stereocenters. The Bertz CT molecular complexity index is 388. The van der Waals surface area contributed by atoms with Gasteiger partial charge in [0.25, 0.3) is 0 Å². The molecule has 1 aliphatic heterocycles. The SMILES string of the molecule is CC(C)(C)OC(=O)N1CCCC(CI)(OC2CCCCCC2)C1. The molecular formula is C18H32INO3. The summed E-state index contributed by atoms with van der Waals surface area (Å²) in [5.41, 5.74) is -0.631. The molecular weight excluding hydrogens is 405 g/mol. The Morgan fingerprint density at radius 3 is 2.39 bits per heavy atom. The highest BCUT2D eigenvalue weighted by Gasteiger charge is 2.40. The predicted octanol–water partition coefficient (Wildman–Crippen LogP) is 4.93. The molecule has 1 aliphatic carbocycles. The molecule has 0 N–H and O–H groups in total. The van der Waals surface area contributed by atoms with Crippen LogP contribution in [0, 0.1) is 0 Å². The zero-order chi connectivity index (χ0) is 16.9. The number of carbonyl (C=O) groups excluding carboxylic acids is 1. The molecule has 4 nitrogen and oxygen atoms in total. The standard InChI is InChI=1S/C18H32INO3/c1-17(2,3)23-16(21)20-12-8-11-18(13-19,14-20)22-15-9-6-4-5-7-10-15/h15H,4-14H2,1-3H3. The summed E-state index contributed by atoms with van der Waals surface area (Å²) >= 11 is 2.42. The lowest BCUT2D eigenvalue weighted by atomic mass is 9.94. The van der Waals surface area contributed by atoms with Crippen molar-refractivity contribution >= 4 is 28.7 Å². The first-order valence-electron chi connectivity index (χ1n) is 9.05. The Balaban J connectivity index is 1.98. The molecule has 134 valence electrons. The molecule has 5 heteroatoms. The van der Waals surface area contributed by atoms with Gasteiger partial charge in [0.15, 0.2) is 0 Å². The first-order chi connectivity index (χ1) is 10.8. The number of piperidine rings is 1. The lowest BCUT2D eigenvalue weighted by Gasteiger charge is -2.43. The van der Waals surface area contributed by atoms with Crippen LogP contribution in [0.25, 0.3) is 0 Å². The zero-order valence-electron chi connectivity index (χ0n) is 14.9. The van der Waals surface area contributed by atoms with E-state index in [2.05, 4.69) is 22.6 Å². The fourth-order valence-corrected chi connectivity index (χ4v) is 4.33. The average molecular weight is 437 g/mol. The van der Waals surface area contributed by atoms with Gasteiger partial charge in [-0.1, -0.05) is 48.3 Å². The van der Waals surface area contributed by atoms with Gasteiger partial charge in [0.2, 0.25) is 0 Å². The number of alkyl halides is 1. The van der Waals surface area contributed by atoms with E-state index in [1.807, 2.05) is 25.7 Å². The van der Waals surface area contributed by atoms with Gasteiger partial charge >= 0.3 is 6.09 Å². The Labute approximate surface area is 154 Å². The van der Waals surface area contributed by atoms with Gasteiger partial charge in [0, 0.05) is 11.0 Å². The predicted molar refractivity (Wildman–Crippen MR) is 101 cm³/mol. The van der Waals surface area contributed by atoms with Gasteiger partial charge < -0.3 is 14.4 Å². The topological polar surface area (TPSA) is 38.8 Å². The number of hydrogen-bond acceptors (Lipinski definition) is 3. The van der Waals surface area contributed by atoms with Crippen molar-refractivity contribution in [3.05, 3.63) is 0 Å². The molecule has 1 heterocycles. The number of nitrogens with zero attached hydrogens (tertiary/aromatic N) is 1. The van der Waals surface area contributed by atoms with Crippen LogP contribution in [0.1, 0.15) is 72.1 Å². The van der Waals surface area contributed by atoms with Crippen LogP contribution in [-0.2, 0) is 9.47 Å². The molecule has 2 fully saturated rings. The fraction of sp³-hybridized carbons (Fsp3) is 0.944. The summed E-state index contributed by atoms with van der Waals surface area (Å²) in [6.07, 6.45) is 9.77. The third-order valence-electron chi connectivity index (χ3n) is 4.65. The molecule has 2 aliphatic rings. The molecule has 0 radical (unpaired) electrons. The second-order valence-corrected chi connectivity index (χ2v) is 8.82. The molecule has 1 amide bonds. The average Bonchev–Trinajstić information content (AvgIpc) is 2.74. The molecule has 0 aromatic carbocycles. The minimum Gasteiger partial charge on any atom is -0.444 e. The van der Waals surface area contributed by atoms with Crippen LogP contribution in [0.2, 0.25) is 0 Å². The van der Waals surface area contributed by atoms with E-state index >= 15 is 0 Å². The van der Waals surface area contributed by atoms with E-state index in [1.54, 1.807) is 0 Å². The van der Waals surface area contributed by atoms with Crippen molar-refractivity contribution in [2.45, 2.75) is 89.4 Å². The third kappa shape index (κ3) is 6.07. The van der Waals surface area contributed by atoms with Gasteiger partial charge in [-0.15, -0.1) is 0 Å². The van der Waals surface area contributed by atoms with E-state index in [0.717, 1.165) is 23.8 Å². The van der Waals surface area contributed by atoms with E-state index in [-0.39, 0.29) is 11.7 Å². The van der Waals surface area contributed by atoms with Crippen LogP contribution in [0.5, 0.6) is 0 Å². The highest BCUT2D eigenvalue weighted by atomic mass is 127. The zero-order valence-corrected chi connectivity index (χ0v) is 17.1. The number of carbonyl (C=O) groups is 1. The molecule has 0 aromatic rings. The van der Waals surface area contributed by atoms with Gasteiger partial charge in [0.1, 0.15) is 5.60 Å². The normalized spacial score (nSPS) is 27.6. The first-order valence-corrected chi connectivity index (χ1v) is 10.6. The van der Waals surface area contributed by atoms with Crippen molar-refractivity contribution in [2.24, 2.45) is 0 Å². The highest BCUT2D eigenvalue weighted by molar-refractivity contribution is 14.1. The lowest BCUT2D eigenvalue weighted by Crippen LogP contribution is -2.55. The van der Waals surface area contributed by atoms with Crippen LogP contribution in [0.15, 0.2) is 0 Å². The molecule has 1 atom stereocenters.